The Hall–Kier alpha value is -0.900. The molecule has 0 saturated heterocycles. The van der Waals surface area contributed by atoms with E-state index in [1.807, 2.05) is 0 Å². The van der Waals surface area contributed by atoms with Gasteiger partial charge in [-0.15, -0.1) is 0 Å². The first kappa shape index (κ1) is 9.19. The predicted octanol–water partition coefficient (Wildman–Crippen LogP) is 0.0336. The maximum absolute atomic E-state index is 11.1. The molecule has 0 spiro atoms. The normalized spacial score (nSPS) is 29.0. The number of ether oxygens (including phenoxy) is 1. The first-order chi connectivity index (χ1) is 5.61. The number of hydrogen-bond donors (Lipinski definition) is 1. The Morgan fingerprint density at radius 3 is 2.83 bits per heavy atom. The summed E-state index contributed by atoms with van der Waals surface area (Å²) in [7, 11) is 0. The van der Waals surface area contributed by atoms with Crippen LogP contribution in [0.15, 0.2) is 0 Å². The van der Waals surface area contributed by atoms with E-state index in [1.54, 1.807) is 6.92 Å². The predicted molar refractivity (Wildman–Crippen MR) is 40.4 cm³/mol. The van der Waals surface area contributed by atoms with Crippen LogP contribution in [0.4, 0.5) is 0 Å². The van der Waals surface area contributed by atoms with E-state index in [2.05, 4.69) is 4.74 Å². The minimum absolute atomic E-state index is 0.189. The van der Waals surface area contributed by atoms with Crippen LogP contribution in [0.3, 0.4) is 0 Å². The Bertz CT molecular complexity index is 211. The van der Waals surface area contributed by atoms with E-state index in [0.29, 0.717) is 6.42 Å². The van der Waals surface area contributed by atoms with Crippen LogP contribution in [-0.2, 0) is 14.3 Å². The third kappa shape index (κ3) is 1.34. The number of hydrogen-bond acceptors (Lipinski definition) is 4. The molecule has 0 aromatic carbocycles. The molecule has 4 heteroatoms. The molecule has 4 nitrogen and oxygen atoms in total. The Balaban J connectivity index is 2.70. The summed E-state index contributed by atoms with van der Waals surface area (Å²) >= 11 is 0. The number of esters is 1. The van der Waals surface area contributed by atoms with Crippen LogP contribution >= 0.6 is 0 Å². The summed E-state index contributed by atoms with van der Waals surface area (Å²) in [5, 5.41) is 9.54. The number of aliphatic hydroxyl groups is 1. The average Bonchev–Trinajstić information content (AvgIpc) is 2.34. The zero-order valence-corrected chi connectivity index (χ0v) is 7.00. The topological polar surface area (TPSA) is 63.6 Å². The Kier molecular flexibility index (Phi) is 2.47. The van der Waals surface area contributed by atoms with E-state index >= 15 is 0 Å². The Morgan fingerprint density at radius 1 is 1.75 bits per heavy atom. The van der Waals surface area contributed by atoms with Gasteiger partial charge in [-0.05, 0) is 19.8 Å². The van der Waals surface area contributed by atoms with E-state index in [4.69, 9.17) is 0 Å². The van der Waals surface area contributed by atoms with Crippen molar-refractivity contribution in [1.29, 1.82) is 0 Å². The highest BCUT2D eigenvalue weighted by Crippen LogP contribution is 2.27. The second kappa shape index (κ2) is 3.23. The zero-order chi connectivity index (χ0) is 9.19. The molecule has 1 unspecified atom stereocenters. The highest BCUT2D eigenvalue weighted by molar-refractivity contribution is 6.08. The molecular formula is C8H12O4. The second-order valence-electron chi connectivity index (χ2n) is 2.86. The van der Waals surface area contributed by atoms with E-state index in [-0.39, 0.29) is 19.4 Å². The van der Waals surface area contributed by atoms with Gasteiger partial charge in [0.2, 0.25) is 5.60 Å². The quantitative estimate of drug-likeness (QED) is 0.471. The number of ketones is 1. The monoisotopic (exact) mass is 172 g/mol. The van der Waals surface area contributed by atoms with Crippen LogP contribution in [0, 0.1) is 0 Å². The highest BCUT2D eigenvalue weighted by Gasteiger charge is 2.48. The molecular weight excluding hydrogens is 160 g/mol. The third-order valence-electron chi connectivity index (χ3n) is 2.02. The van der Waals surface area contributed by atoms with Crippen molar-refractivity contribution >= 4 is 11.8 Å². The largest absolute Gasteiger partial charge is 0.464 e. The molecule has 68 valence electrons. The van der Waals surface area contributed by atoms with Crippen LogP contribution in [0.5, 0.6) is 0 Å². The maximum atomic E-state index is 11.1. The van der Waals surface area contributed by atoms with Gasteiger partial charge in [0.05, 0.1) is 6.61 Å². The first-order valence-electron chi connectivity index (χ1n) is 4.04. The standard InChI is InChI=1S/C8H12O4/c1-2-12-7(10)8(11)5-3-4-6(8)9/h11H,2-5H2,1H3. The van der Waals surface area contributed by atoms with Crippen LogP contribution < -0.4 is 0 Å². The van der Waals surface area contributed by atoms with Gasteiger partial charge in [-0.25, -0.2) is 4.79 Å². The van der Waals surface area contributed by atoms with Crippen molar-refractivity contribution in [2.45, 2.75) is 31.8 Å². The van der Waals surface area contributed by atoms with Crippen molar-refractivity contribution in [2.75, 3.05) is 6.61 Å². The molecule has 1 N–H and O–H groups in total. The summed E-state index contributed by atoms with van der Waals surface area (Å²) < 4.78 is 4.59. The van der Waals surface area contributed by atoms with Gasteiger partial charge in [0.1, 0.15) is 0 Å². The zero-order valence-electron chi connectivity index (χ0n) is 7.00. The van der Waals surface area contributed by atoms with E-state index in [0.717, 1.165) is 0 Å². The van der Waals surface area contributed by atoms with Gasteiger partial charge in [-0.2, -0.15) is 0 Å². The highest BCUT2D eigenvalue weighted by atomic mass is 16.5. The van der Waals surface area contributed by atoms with Crippen molar-refractivity contribution in [1.82, 2.24) is 0 Å². The summed E-state index contributed by atoms with van der Waals surface area (Å²) in [6.07, 6.45) is 1.04. The summed E-state index contributed by atoms with van der Waals surface area (Å²) in [5.74, 6) is -1.21. The number of carbonyl (C=O) groups is 2. The summed E-state index contributed by atoms with van der Waals surface area (Å²) in [5.41, 5.74) is -1.84. The fourth-order valence-electron chi connectivity index (χ4n) is 1.32. The van der Waals surface area contributed by atoms with Crippen LogP contribution in [-0.4, -0.2) is 29.1 Å². The molecule has 1 aliphatic rings. The summed E-state index contributed by atoms with van der Waals surface area (Å²) in [4.78, 5) is 22.1. The minimum Gasteiger partial charge on any atom is -0.464 e. The van der Waals surface area contributed by atoms with Gasteiger partial charge < -0.3 is 9.84 Å². The van der Waals surface area contributed by atoms with Crippen LogP contribution in [0.1, 0.15) is 26.2 Å². The molecule has 0 amide bonds. The van der Waals surface area contributed by atoms with E-state index in [9.17, 15) is 14.7 Å². The first-order valence-corrected chi connectivity index (χ1v) is 4.04. The maximum Gasteiger partial charge on any atom is 0.345 e. The molecule has 0 heterocycles. The summed E-state index contributed by atoms with van der Waals surface area (Å²) in [6, 6.07) is 0. The minimum atomic E-state index is -1.84. The van der Waals surface area contributed by atoms with Gasteiger partial charge >= 0.3 is 5.97 Å². The molecule has 1 aliphatic carbocycles. The van der Waals surface area contributed by atoms with E-state index in [1.165, 1.54) is 0 Å². The van der Waals surface area contributed by atoms with Crippen molar-refractivity contribution in [3.8, 4) is 0 Å². The molecule has 0 aromatic rings. The lowest BCUT2D eigenvalue weighted by molar-refractivity contribution is -0.168. The van der Waals surface area contributed by atoms with Gasteiger partial charge in [-0.3, -0.25) is 4.79 Å². The van der Waals surface area contributed by atoms with Crippen LogP contribution in [0.2, 0.25) is 0 Å². The lowest BCUT2D eigenvalue weighted by atomic mass is 10.0. The molecule has 0 radical (unpaired) electrons. The summed E-state index contributed by atoms with van der Waals surface area (Å²) in [6.45, 7) is 1.83. The van der Waals surface area contributed by atoms with Crippen molar-refractivity contribution in [3.05, 3.63) is 0 Å². The Labute approximate surface area is 70.5 Å². The lowest BCUT2D eigenvalue weighted by Crippen LogP contribution is -2.43. The van der Waals surface area contributed by atoms with Gasteiger partial charge in [0.25, 0.3) is 0 Å². The lowest BCUT2D eigenvalue weighted by Gasteiger charge is -2.17. The van der Waals surface area contributed by atoms with Gasteiger partial charge in [0, 0.05) is 6.42 Å². The van der Waals surface area contributed by atoms with Gasteiger partial charge in [0.15, 0.2) is 5.78 Å². The van der Waals surface area contributed by atoms with Crippen molar-refractivity contribution < 1.29 is 19.4 Å². The Morgan fingerprint density at radius 2 is 2.42 bits per heavy atom. The van der Waals surface area contributed by atoms with E-state index < -0.39 is 17.4 Å². The molecule has 1 rings (SSSR count). The number of Topliss-reactive ketones (excluding diaryl/α,β-unsaturated/α-hetero) is 1. The van der Waals surface area contributed by atoms with Crippen molar-refractivity contribution in [3.63, 3.8) is 0 Å². The molecule has 0 aromatic heterocycles. The SMILES string of the molecule is CCOC(=O)C1(O)CCCC1=O. The molecule has 0 aliphatic heterocycles. The molecule has 12 heavy (non-hydrogen) atoms. The fourth-order valence-corrected chi connectivity index (χ4v) is 1.32. The molecule has 0 bridgehead atoms. The molecule has 1 atom stereocenters. The van der Waals surface area contributed by atoms with Crippen molar-refractivity contribution in [2.24, 2.45) is 0 Å². The number of carbonyl (C=O) groups excluding carboxylic acids is 2. The second-order valence-corrected chi connectivity index (χ2v) is 2.86. The third-order valence-corrected chi connectivity index (χ3v) is 2.02. The van der Waals surface area contributed by atoms with Gasteiger partial charge in [-0.1, -0.05) is 0 Å². The number of rotatable bonds is 2. The fraction of sp³-hybridized carbons (Fsp3) is 0.750. The molecule has 1 fully saturated rings. The average molecular weight is 172 g/mol. The smallest absolute Gasteiger partial charge is 0.345 e. The molecule has 1 saturated carbocycles. The van der Waals surface area contributed by atoms with Crippen LogP contribution in [0.25, 0.3) is 0 Å².